The van der Waals surface area contributed by atoms with Crippen LogP contribution in [0.5, 0.6) is 0 Å². The number of nitrogen functional groups attached to an aromatic ring is 1. The Hall–Kier alpha value is -2.23. The van der Waals surface area contributed by atoms with Crippen LogP contribution in [0, 0.1) is 0 Å². The number of amides is 3. The van der Waals surface area contributed by atoms with Crippen molar-refractivity contribution in [2.45, 2.75) is 12.0 Å². The summed E-state index contributed by atoms with van der Waals surface area (Å²) in [7, 11) is 1.60. The van der Waals surface area contributed by atoms with Gasteiger partial charge < -0.3 is 26.8 Å². The van der Waals surface area contributed by atoms with Gasteiger partial charge in [0.15, 0.2) is 5.54 Å². The van der Waals surface area contributed by atoms with Gasteiger partial charge in [0.25, 0.3) is 0 Å². The van der Waals surface area contributed by atoms with Gasteiger partial charge in [0.2, 0.25) is 5.91 Å². The van der Waals surface area contributed by atoms with Crippen LogP contribution in [0.2, 0.25) is 0 Å². The maximum absolute atomic E-state index is 12.0. The SMILES string of the molecule is COCCCNC(=O)NC1=CC(C(N)=O)(c2ccc(N)cc2)NS1. The molecule has 0 aliphatic carbocycles. The summed E-state index contributed by atoms with van der Waals surface area (Å²) in [5.41, 5.74) is 11.3. The zero-order valence-electron chi connectivity index (χ0n) is 13.3. The molecular formula is C15H21N5O3S. The first-order valence-corrected chi connectivity index (χ1v) is 8.16. The van der Waals surface area contributed by atoms with Crippen LogP contribution < -0.4 is 26.8 Å². The molecule has 0 spiro atoms. The van der Waals surface area contributed by atoms with Gasteiger partial charge in [-0.05, 0) is 42.1 Å². The summed E-state index contributed by atoms with van der Waals surface area (Å²) in [5.74, 6) is -0.572. The van der Waals surface area contributed by atoms with E-state index in [-0.39, 0.29) is 6.03 Å². The predicted octanol–water partition coefficient (Wildman–Crippen LogP) is 0.378. The maximum atomic E-state index is 12.0. The lowest BCUT2D eigenvalue weighted by Gasteiger charge is -2.23. The number of carbonyl (C=O) groups excluding carboxylic acids is 2. The van der Waals surface area contributed by atoms with Gasteiger partial charge in [-0.3, -0.25) is 4.79 Å². The van der Waals surface area contributed by atoms with E-state index in [1.807, 2.05) is 0 Å². The van der Waals surface area contributed by atoms with E-state index >= 15 is 0 Å². The van der Waals surface area contributed by atoms with Crippen LogP contribution in [-0.2, 0) is 15.1 Å². The van der Waals surface area contributed by atoms with Crippen molar-refractivity contribution in [3.8, 4) is 0 Å². The van der Waals surface area contributed by atoms with Crippen molar-refractivity contribution >= 4 is 29.6 Å². The van der Waals surface area contributed by atoms with Crippen LogP contribution in [0.1, 0.15) is 12.0 Å². The second-order valence-electron chi connectivity index (χ2n) is 5.23. The Balaban J connectivity index is 2.06. The third-order valence-corrected chi connectivity index (χ3v) is 4.34. The number of benzene rings is 1. The third-order valence-electron chi connectivity index (χ3n) is 3.47. The second-order valence-corrected chi connectivity index (χ2v) is 6.08. The number of hydrogen-bond acceptors (Lipinski definition) is 6. The summed E-state index contributed by atoms with van der Waals surface area (Å²) >= 11 is 1.13. The van der Waals surface area contributed by atoms with Gasteiger partial charge >= 0.3 is 6.03 Å². The number of rotatable bonds is 7. The van der Waals surface area contributed by atoms with Crippen LogP contribution in [-0.4, -0.2) is 32.2 Å². The largest absolute Gasteiger partial charge is 0.399 e. The number of ether oxygens (including phenoxy) is 1. The highest BCUT2D eigenvalue weighted by atomic mass is 32.2. The number of anilines is 1. The monoisotopic (exact) mass is 351 g/mol. The Morgan fingerprint density at radius 2 is 2.04 bits per heavy atom. The minimum absolute atomic E-state index is 0.357. The summed E-state index contributed by atoms with van der Waals surface area (Å²) in [5, 5.41) is 5.88. The highest BCUT2D eigenvalue weighted by molar-refractivity contribution is 8.01. The molecule has 1 aliphatic rings. The molecule has 1 aromatic rings. The van der Waals surface area contributed by atoms with E-state index in [1.54, 1.807) is 37.5 Å². The molecule has 24 heavy (non-hydrogen) atoms. The molecule has 130 valence electrons. The van der Waals surface area contributed by atoms with E-state index in [9.17, 15) is 9.59 Å². The summed E-state index contributed by atoms with van der Waals surface area (Å²) in [6, 6.07) is 6.46. The fourth-order valence-electron chi connectivity index (χ4n) is 2.18. The molecule has 9 heteroatoms. The third kappa shape index (κ3) is 4.19. The molecule has 0 radical (unpaired) electrons. The van der Waals surface area contributed by atoms with Gasteiger partial charge in [0.1, 0.15) is 0 Å². The van der Waals surface area contributed by atoms with Gasteiger partial charge in [-0.1, -0.05) is 12.1 Å². The lowest BCUT2D eigenvalue weighted by molar-refractivity contribution is -0.122. The average molecular weight is 351 g/mol. The molecule has 3 amide bonds. The molecule has 0 fully saturated rings. The highest BCUT2D eigenvalue weighted by Crippen LogP contribution is 2.35. The number of primary amides is 1. The van der Waals surface area contributed by atoms with E-state index in [4.69, 9.17) is 16.2 Å². The lowest BCUT2D eigenvalue weighted by Crippen LogP contribution is -2.46. The number of methoxy groups -OCH3 is 1. The fourth-order valence-corrected chi connectivity index (χ4v) is 3.11. The Kier molecular flexibility index (Phi) is 6.07. The van der Waals surface area contributed by atoms with Crippen molar-refractivity contribution in [2.24, 2.45) is 5.73 Å². The number of hydrogen-bond donors (Lipinski definition) is 5. The first-order chi connectivity index (χ1) is 11.5. The van der Waals surface area contributed by atoms with Crippen LogP contribution in [0.15, 0.2) is 35.4 Å². The maximum Gasteiger partial charge on any atom is 0.319 e. The molecule has 1 aromatic carbocycles. The molecule has 1 heterocycles. The van der Waals surface area contributed by atoms with Crippen molar-refractivity contribution < 1.29 is 14.3 Å². The Morgan fingerprint density at radius 1 is 1.33 bits per heavy atom. The zero-order chi connectivity index (χ0) is 17.6. The Morgan fingerprint density at radius 3 is 2.67 bits per heavy atom. The van der Waals surface area contributed by atoms with Gasteiger partial charge in [-0.15, -0.1) is 0 Å². The van der Waals surface area contributed by atoms with Crippen molar-refractivity contribution in [1.29, 1.82) is 0 Å². The van der Waals surface area contributed by atoms with E-state index in [1.165, 1.54) is 0 Å². The molecule has 8 nitrogen and oxygen atoms in total. The van der Waals surface area contributed by atoms with Crippen LogP contribution in [0.25, 0.3) is 0 Å². The van der Waals surface area contributed by atoms with Crippen molar-refractivity contribution in [1.82, 2.24) is 15.4 Å². The number of carbonyl (C=O) groups is 2. The van der Waals surface area contributed by atoms with Crippen LogP contribution >= 0.6 is 11.9 Å². The molecule has 0 bridgehead atoms. The van der Waals surface area contributed by atoms with Gasteiger partial charge in [-0.2, -0.15) is 0 Å². The molecule has 0 saturated carbocycles. The number of urea groups is 1. The topological polar surface area (TPSA) is 131 Å². The first kappa shape index (κ1) is 18.1. The van der Waals surface area contributed by atoms with E-state index in [0.29, 0.717) is 35.9 Å². The van der Waals surface area contributed by atoms with Gasteiger partial charge in [-0.25, -0.2) is 9.52 Å². The summed E-state index contributed by atoms with van der Waals surface area (Å²) in [4.78, 5) is 23.9. The smallest absolute Gasteiger partial charge is 0.319 e. The quantitative estimate of drug-likeness (QED) is 0.274. The normalized spacial score (nSPS) is 19.6. The number of nitrogens with two attached hydrogens (primary N) is 2. The Labute approximate surface area is 144 Å². The fraction of sp³-hybridized carbons (Fsp3) is 0.333. The average Bonchev–Trinajstić information content (AvgIpc) is 2.97. The molecule has 7 N–H and O–H groups in total. The highest BCUT2D eigenvalue weighted by Gasteiger charge is 2.41. The van der Waals surface area contributed by atoms with Crippen LogP contribution in [0.4, 0.5) is 10.5 Å². The number of nitrogens with one attached hydrogen (secondary N) is 3. The Bertz CT molecular complexity index is 635. The molecule has 0 aromatic heterocycles. The van der Waals surface area contributed by atoms with E-state index in [2.05, 4.69) is 15.4 Å². The predicted molar refractivity (Wildman–Crippen MR) is 93.6 cm³/mol. The lowest BCUT2D eigenvalue weighted by atomic mass is 9.90. The minimum Gasteiger partial charge on any atom is -0.399 e. The summed E-state index contributed by atoms with van der Waals surface area (Å²) < 4.78 is 7.89. The van der Waals surface area contributed by atoms with Crippen molar-refractivity contribution in [2.75, 3.05) is 26.0 Å². The van der Waals surface area contributed by atoms with Crippen LogP contribution in [0.3, 0.4) is 0 Å². The molecule has 0 saturated heterocycles. The molecule has 1 atom stereocenters. The first-order valence-electron chi connectivity index (χ1n) is 7.34. The zero-order valence-corrected chi connectivity index (χ0v) is 14.1. The van der Waals surface area contributed by atoms with Crippen molar-refractivity contribution in [3.63, 3.8) is 0 Å². The minimum atomic E-state index is -1.20. The standard InChI is InChI=1S/C15H21N5O3S/c1-23-8-2-7-18-14(22)19-12-9-15(13(17)21,20-24-12)10-3-5-11(16)6-4-10/h3-6,9,20H,2,7-8,16H2,1H3,(H2,17,21)(H2,18,19,22). The molecule has 1 aliphatic heterocycles. The van der Waals surface area contributed by atoms with Gasteiger partial charge in [0, 0.05) is 25.9 Å². The van der Waals surface area contributed by atoms with Gasteiger partial charge in [0.05, 0.1) is 5.03 Å². The summed E-state index contributed by atoms with van der Waals surface area (Å²) in [6.45, 7) is 1.06. The van der Waals surface area contributed by atoms with E-state index < -0.39 is 11.4 Å². The second kappa shape index (κ2) is 8.04. The summed E-state index contributed by atoms with van der Waals surface area (Å²) in [6.07, 6.45) is 2.31. The van der Waals surface area contributed by atoms with E-state index in [0.717, 1.165) is 11.9 Å². The molecular weight excluding hydrogens is 330 g/mol. The molecule has 2 rings (SSSR count). The molecule has 1 unspecified atom stereocenters. The van der Waals surface area contributed by atoms with Crippen molar-refractivity contribution in [3.05, 3.63) is 40.9 Å².